The molecule has 0 aliphatic heterocycles. The highest BCUT2D eigenvalue weighted by Gasteiger charge is 2.08. The summed E-state index contributed by atoms with van der Waals surface area (Å²) >= 11 is 0. The van der Waals surface area contributed by atoms with Gasteiger partial charge in [-0.05, 0) is 24.3 Å². The lowest BCUT2D eigenvalue weighted by Crippen LogP contribution is -2.29. The molecule has 0 radical (unpaired) electrons. The number of ether oxygens (including phenoxy) is 4. The topological polar surface area (TPSA) is 43.4 Å². The van der Waals surface area contributed by atoms with Crippen LogP contribution in [0.1, 0.15) is 0 Å². The zero-order valence-corrected chi connectivity index (χ0v) is 12.7. The highest BCUT2D eigenvalue weighted by atomic mass is 16.5. The molecule has 0 fully saturated rings. The minimum Gasteiger partial charge on any atom is -0.364 e. The van der Waals surface area contributed by atoms with Gasteiger partial charge in [0.25, 0.3) is 0 Å². The molecule has 0 saturated carbocycles. The fourth-order valence-electron chi connectivity index (χ4n) is 1.87. The molecule has 1 rings (SSSR count). The Labute approximate surface area is 120 Å². The van der Waals surface area contributed by atoms with Gasteiger partial charge in [-0.25, -0.2) is 0 Å². The number of anilines is 2. The molecule has 114 valence electrons. The maximum atomic E-state index is 5.16. The maximum Gasteiger partial charge on any atom is 0.120 e. The van der Waals surface area contributed by atoms with E-state index in [1.165, 1.54) is 0 Å². The van der Waals surface area contributed by atoms with E-state index in [2.05, 4.69) is 0 Å². The molecule has 0 atom stereocenters. The van der Waals surface area contributed by atoms with E-state index in [4.69, 9.17) is 18.9 Å². The van der Waals surface area contributed by atoms with Gasteiger partial charge >= 0.3 is 0 Å². The van der Waals surface area contributed by atoms with Gasteiger partial charge in [0.15, 0.2) is 0 Å². The second kappa shape index (κ2) is 9.55. The average molecular weight is 284 g/mol. The van der Waals surface area contributed by atoms with E-state index in [-0.39, 0.29) is 0 Å². The van der Waals surface area contributed by atoms with Crippen LogP contribution in [0.25, 0.3) is 0 Å². The van der Waals surface area contributed by atoms with Gasteiger partial charge in [0.1, 0.15) is 26.9 Å². The Balaban J connectivity index is 2.79. The van der Waals surface area contributed by atoms with Crippen molar-refractivity contribution in [2.45, 2.75) is 0 Å². The Hall–Kier alpha value is -1.34. The molecule has 0 aliphatic rings. The number of methoxy groups -OCH3 is 4. The van der Waals surface area contributed by atoms with Gasteiger partial charge in [-0.2, -0.15) is 0 Å². The molecule has 0 N–H and O–H groups in total. The standard InChI is InChI=1S/C14H24N2O4/c1-17-9-15(10-18-2)13-5-7-14(8-6-13)16(11-19-3)12-20-4/h5-8H,9-12H2,1-4H3. The van der Waals surface area contributed by atoms with Crippen molar-refractivity contribution in [2.75, 3.05) is 65.2 Å². The molecule has 0 aliphatic carbocycles. The summed E-state index contributed by atoms with van der Waals surface area (Å²) < 4.78 is 20.6. The Morgan fingerprint density at radius 1 is 0.600 bits per heavy atom. The van der Waals surface area contributed by atoms with Crippen LogP contribution in [0.4, 0.5) is 11.4 Å². The van der Waals surface area contributed by atoms with Gasteiger partial charge in [-0.15, -0.1) is 0 Å². The molecule has 0 spiro atoms. The number of rotatable bonds is 10. The zero-order chi connectivity index (χ0) is 14.8. The molecule has 6 heteroatoms. The molecule has 0 heterocycles. The van der Waals surface area contributed by atoms with Crippen LogP contribution in [0.15, 0.2) is 24.3 Å². The maximum absolute atomic E-state index is 5.16. The average Bonchev–Trinajstić information content (AvgIpc) is 2.47. The van der Waals surface area contributed by atoms with E-state index in [1.54, 1.807) is 28.4 Å². The molecule has 0 unspecified atom stereocenters. The van der Waals surface area contributed by atoms with Crippen molar-refractivity contribution in [3.05, 3.63) is 24.3 Å². The minimum absolute atomic E-state index is 0.479. The molecule has 1 aromatic carbocycles. The predicted molar refractivity (Wildman–Crippen MR) is 78.9 cm³/mol. The largest absolute Gasteiger partial charge is 0.364 e. The van der Waals surface area contributed by atoms with Crippen molar-refractivity contribution in [1.82, 2.24) is 0 Å². The third-order valence-corrected chi connectivity index (χ3v) is 2.72. The molecule has 0 aromatic heterocycles. The summed E-state index contributed by atoms with van der Waals surface area (Å²) in [6.45, 7) is 1.92. The van der Waals surface area contributed by atoms with Crippen LogP contribution in [0.3, 0.4) is 0 Å². The van der Waals surface area contributed by atoms with Crippen molar-refractivity contribution in [1.29, 1.82) is 0 Å². The lowest BCUT2D eigenvalue weighted by atomic mass is 10.2. The number of hydrogen-bond donors (Lipinski definition) is 0. The number of hydrogen-bond acceptors (Lipinski definition) is 6. The lowest BCUT2D eigenvalue weighted by molar-refractivity contribution is 0.140. The number of benzene rings is 1. The first-order chi connectivity index (χ1) is 9.76. The van der Waals surface area contributed by atoms with Gasteiger partial charge < -0.3 is 28.7 Å². The Morgan fingerprint density at radius 3 is 1.05 bits per heavy atom. The summed E-state index contributed by atoms with van der Waals surface area (Å²) in [5.74, 6) is 0. The van der Waals surface area contributed by atoms with E-state index in [1.807, 2.05) is 34.1 Å². The molecule has 0 saturated heterocycles. The van der Waals surface area contributed by atoms with Gasteiger partial charge in [0.05, 0.1) is 0 Å². The monoisotopic (exact) mass is 284 g/mol. The van der Waals surface area contributed by atoms with Crippen LogP contribution in [-0.4, -0.2) is 55.4 Å². The molecule has 0 amide bonds. The first-order valence-electron chi connectivity index (χ1n) is 6.32. The van der Waals surface area contributed by atoms with E-state index < -0.39 is 0 Å². The molecule has 1 aromatic rings. The Bertz CT molecular complexity index is 312. The zero-order valence-electron chi connectivity index (χ0n) is 12.7. The highest BCUT2D eigenvalue weighted by molar-refractivity contribution is 5.55. The van der Waals surface area contributed by atoms with Gasteiger partial charge in [-0.3, -0.25) is 0 Å². The summed E-state index contributed by atoms with van der Waals surface area (Å²) in [5, 5.41) is 0. The molecular weight excluding hydrogens is 260 g/mol. The minimum atomic E-state index is 0.479. The second-order valence-electron chi connectivity index (χ2n) is 4.27. The SMILES string of the molecule is COCN(COC)c1ccc(N(COC)COC)cc1. The fraction of sp³-hybridized carbons (Fsp3) is 0.571. The Kier molecular flexibility index (Phi) is 7.98. The van der Waals surface area contributed by atoms with Gasteiger partial charge in [-0.1, -0.05) is 0 Å². The van der Waals surface area contributed by atoms with Crippen LogP contribution in [0, 0.1) is 0 Å². The number of nitrogens with zero attached hydrogens (tertiary/aromatic N) is 2. The molecule has 6 nitrogen and oxygen atoms in total. The van der Waals surface area contributed by atoms with Crippen LogP contribution in [0.2, 0.25) is 0 Å². The first kappa shape index (κ1) is 16.7. The third kappa shape index (κ3) is 4.97. The van der Waals surface area contributed by atoms with E-state index in [0.717, 1.165) is 11.4 Å². The highest BCUT2D eigenvalue weighted by Crippen LogP contribution is 2.20. The quantitative estimate of drug-likeness (QED) is 0.610. The van der Waals surface area contributed by atoms with E-state index in [9.17, 15) is 0 Å². The normalized spacial score (nSPS) is 10.6. The van der Waals surface area contributed by atoms with Crippen LogP contribution < -0.4 is 9.80 Å². The third-order valence-electron chi connectivity index (χ3n) is 2.72. The summed E-state index contributed by atoms with van der Waals surface area (Å²) in [7, 11) is 6.65. The van der Waals surface area contributed by atoms with Crippen molar-refractivity contribution in [3.63, 3.8) is 0 Å². The Morgan fingerprint density at radius 2 is 0.850 bits per heavy atom. The second-order valence-corrected chi connectivity index (χ2v) is 4.27. The molecule has 20 heavy (non-hydrogen) atoms. The summed E-state index contributed by atoms with van der Waals surface area (Å²) in [4.78, 5) is 3.97. The summed E-state index contributed by atoms with van der Waals surface area (Å²) in [6.07, 6.45) is 0. The van der Waals surface area contributed by atoms with Crippen molar-refractivity contribution in [3.8, 4) is 0 Å². The van der Waals surface area contributed by atoms with Crippen LogP contribution >= 0.6 is 0 Å². The van der Waals surface area contributed by atoms with Gasteiger partial charge in [0.2, 0.25) is 0 Å². The smallest absolute Gasteiger partial charge is 0.120 e. The van der Waals surface area contributed by atoms with Crippen molar-refractivity contribution < 1.29 is 18.9 Å². The lowest BCUT2D eigenvalue weighted by Gasteiger charge is -2.25. The van der Waals surface area contributed by atoms with E-state index >= 15 is 0 Å². The van der Waals surface area contributed by atoms with Crippen LogP contribution in [-0.2, 0) is 18.9 Å². The van der Waals surface area contributed by atoms with Crippen molar-refractivity contribution in [2.24, 2.45) is 0 Å². The van der Waals surface area contributed by atoms with Crippen LogP contribution in [0.5, 0.6) is 0 Å². The fourth-order valence-corrected chi connectivity index (χ4v) is 1.87. The molecule has 0 bridgehead atoms. The predicted octanol–water partition coefficient (Wildman–Crippen LogP) is 1.71. The summed E-state index contributed by atoms with van der Waals surface area (Å²) in [6, 6.07) is 8.08. The van der Waals surface area contributed by atoms with Crippen molar-refractivity contribution >= 4 is 11.4 Å². The first-order valence-corrected chi connectivity index (χ1v) is 6.32. The summed E-state index contributed by atoms with van der Waals surface area (Å²) in [5.41, 5.74) is 2.07. The molecular formula is C14H24N2O4. The van der Waals surface area contributed by atoms with E-state index in [0.29, 0.717) is 26.9 Å². The van der Waals surface area contributed by atoms with Gasteiger partial charge in [0, 0.05) is 39.8 Å².